The molecule has 0 atom stereocenters. The van der Waals surface area contributed by atoms with Crippen molar-refractivity contribution in [3.05, 3.63) is 48.3 Å². The first-order chi connectivity index (χ1) is 8.92. The van der Waals surface area contributed by atoms with E-state index in [-0.39, 0.29) is 0 Å². The van der Waals surface area contributed by atoms with Crippen LogP contribution in [0.2, 0.25) is 0 Å². The standard InChI is InChI=1S/C15H19N3/c1-2-4-15(5-3-1)18-12-14(11-17-18)10-13-6-8-16-9-7-13/h1-5,11-13,16H,6-10H2. The van der Waals surface area contributed by atoms with E-state index in [9.17, 15) is 0 Å². The topological polar surface area (TPSA) is 29.9 Å². The molecule has 3 nitrogen and oxygen atoms in total. The summed E-state index contributed by atoms with van der Waals surface area (Å²) in [5.41, 5.74) is 2.49. The highest BCUT2D eigenvalue weighted by Gasteiger charge is 2.14. The van der Waals surface area contributed by atoms with Gasteiger partial charge in [0.25, 0.3) is 0 Å². The predicted octanol–water partition coefficient (Wildman–Crippen LogP) is 2.41. The molecule has 0 aliphatic carbocycles. The SMILES string of the molecule is c1ccc(-n2cc(CC3CCNCC3)cn2)cc1. The summed E-state index contributed by atoms with van der Waals surface area (Å²) in [4.78, 5) is 0. The van der Waals surface area contributed by atoms with Crippen LogP contribution in [-0.4, -0.2) is 22.9 Å². The average Bonchev–Trinajstić information content (AvgIpc) is 2.89. The zero-order valence-electron chi connectivity index (χ0n) is 10.5. The van der Waals surface area contributed by atoms with Crippen molar-refractivity contribution < 1.29 is 0 Å². The minimum absolute atomic E-state index is 0.819. The lowest BCUT2D eigenvalue weighted by Gasteiger charge is -2.21. The third-order valence-corrected chi connectivity index (χ3v) is 3.64. The van der Waals surface area contributed by atoms with Crippen LogP contribution in [0.3, 0.4) is 0 Å². The Morgan fingerprint density at radius 1 is 1.17 bits per heavy atom. The molecule has 1 N–H and O–H groups in total. The number of rotatable bonds is 3. The average molecular weight is 241 g/mol. The lowest BCUT2D eigenvalue weighted by Crippen LogP contribution is -2.28. The maximum Gasteiger partial charge on any atom is 0.0645 e. The molecule has 0 saturated carbocycles. The molecular formula is C15H19N3. The van der Waals surface area contributed by atoms with Gasteiger partial charge in [-0.25, -0.2) is 4.68 Å². The Labute approximate surface area is 108 Å². The highest BCUT2D eigenvalue weighted by molar-refractivity contribution is 5.30. The van der Waals surface area contributed by atoms with E-state index < -0.39 is 0 Å². The Morgan fingerprint density at radius 3 is 2.72 bits per heavy atom. The Bertz CT molecular complexity index is 483. The second kappa shape index (κ2) is 5.36. The lowest BCUT2D eigenvalue weighted by atomic mass is 9.92. The van der Waals surface area contributed by atoms with Gasteiger partial charge in [0.15, 0.2) is 0 Å². The van der Waals surface area contributed by atoms with E-state index in [2.05, 4.69) is 28.7 Å². The summed E-state index contributed by atoms with van der Waals surface area (Å²) in [5, 5.41) is 7.86. The van der Waals surface area contributed by atoms with Crippen LogP contribution >= 0.6 is 0 Å². The zero-order chi connectivity index (χ0) is 12.2. The van der Waals surface area contributed by atoms with Gasteiger partial charge in [0.2, 0.25) is 0 Å². The fourth-order valence-electron chi connectivity index (χ4n) is 2.61. The number of nitrogens with one attached hydrogen (secondary N) is 1. The van der Waals surface area contributed by atoms with E-state index in [4.69, 9.17) is 0 Å². The second-order valence-electron chi connectivity index (χ2n) is 5.03. The monoisotopic (exact) mass is 241 g/mol. The normalized spacial score (nSPS) is 16.9. The molecule has 3 rings (SSSR count). The van der Waals surface area contributed by atoms with Crippen molar-refractivity contribution in [1.82, 2.24) is 15.1 Å². The van der Waals surface area contributed by atoms with Gasteiger partial charge in [0, 0.05) is 6.20 Å². The summed E-state index contributed by atoms with van der Waals surface area (Å²) in [7, 11) is 0. The van der Waals surface area contributed by atoms with Crippen LogP contribution in [0.15, 0.2) is 42.7 Å². The molecule has 1 aromatic carbocycles. The van der Waals surface area contributed by atoms with Crippen molar-refractivity contribution in [2.24, 2.45) is 5.92 Å². The molecule has 0 unspecified atom stereocenters. The van der Waals surface area contributed by atoms with Gasteiger partial charge in [-0.05, 0) is 56.0 Å². The molecule has 2 aromatic rings. The quantitative estimate of drug-likeness (QED) is 0.894. The minimum atomic E-state index is 0.819. The number of para-hydroxylation sites is 1. The van der Waals surface area contributed by atoms with Gasteiger partial charge in [-0.2, -0.15) is 5.10 Å². The fraction of sp³-hybridized carbons (Fsp3) is 0.400. The van der Waals surface area contributed by atoms with Crippen LogP contribution in [0.25, 0.3) is 5.69 Å². The van der Waals surface area contributed by atoms with E-state index in [1.807, 2.05) is 29.1 Å². The van der Waals surface area contributed by atoms with Gasteiger partial charge in [-0.15, -0.1) is 0 Å². The second-order valence-corrected chi connectivity index (χ2v) is 5.03. The number of hydrogen-bond acceptors (Lipinski definition) is 2. The molecule has 1 aromatic heterocycles. The third-order valence-electron chi connectivity index (χ3n) is 3.64. The summed E-state index contributed by atoms with van der Waals surface area (Å²) in [6.07, 6.45) is 7.91. The molecule has 94 valence electrons. The first kappa shape index (κ1) is 11.5. The van der Waals surface area contributed by atoms with E-state index in [0.717, 1.165) is 31.1 Å². The van der Waals surface area contributed by atoms with Crippen LogP contribution in [-0.2, 0) is 6.42 Å². The van der Waals surface area contributed by atoms with Crippen molar-refractivity contribution in [3.63, 3.8) is 0 Å². The first-order valence-corrected chi connectivity index (χ1v) is 6.71. The Hall–Kier alpha value is -1.61. The van der Waals surface area contributed by atoms with Gasteiger partial charge in [-0.1, -0.05) is 18.2 Å². The molecular weight excluding hydrogens is 222 g/mol. The van der Waals surface area contributed by atoms with Crippen LogP contribution < -0.4 is 5.32 Å². The molecule has 0 amide bonds. The van der Waals surface area contributed by atoms with Crippen LogP contribution in [0, 0.1) is 5.92 Å². The molecule has 18 heavy (non-hydrogen) atoms. The smallest absolute Gasteiger partial charge is 0.0645 e. The maximum atomic E-state index is 4.45. The van der Waals surface area contributed by atoms with E-state index >= 15 is 0 Å². The summed E-state index contributed by atoms with van der Waals surface area (Å²) in [6.45, 7) is 2.33. The minimum Gasteiger partial charge on any atom is -0.317 e. The molecule has 3 heteroatoms. The Kier molecular flexibility index (Phi) is 3.42. The van der Waals surface area contributed by atoms with Gasteiger partial charge >= 0.3 is 0 Å². The van der Waals surface area contributed by atoms with Crippen molar-refractivity contribution in [2.75, 3.05) is 13.1 Å². The zero-order valence-corrected chi connectivity index (χ0v) is 10.5. The van der Waals surface area contributed by atoms with Gasteiger partial charge < -0.3 is 5.32 Å². The lowest BCUT2D eigenvalue weighted by molar-refractivity contribution is 0.372. The molecule has 1 saturated heterocycles. The third kappa shape index (κ3) is 2.62. The van der Waals surface area contributed by atoms with Gasteiger partial charge in [0.1, 0.15) is 0 Å². The number of hydrogen-bond donors (Lipinski definition) is 1. The Morgan fingerprint density at radius 2 is 1.94 bits per heavy atom. The van der Waals surface area contributed by atoms with Gasteiger partial charge in [-0.3, -0.25) is 0 Å². The molecule has 0 bridgehead atoms. The number of benzene rings is 1. The van der Waals surface area contributed by atoms with Gasteiger partial charge in [0.05, 0.1) is 11.9 Å². The number of piperidine rings is 1. The molecule has 0 radical (unpaired) electrons. The van der Waals surface area contributed by atoms with Crippen molar-refractivity contribution in [2.45, 2.75) is 19.3 Å². The van der Waals surface area contributed by atoms with Crippen LogP contribution in [0.4, 0.5) is 0 Å². The van der Waals surface area contributed by atoms with Crippen molar-refractivity contribution >= 4 is 0 Å². The van der Waals surface area contributed by atoms with Crippen LogP contribution in [0.1, 0.15) is 18.4 Å². The summed E-state index contributed by atoms with van der Waals surface area (Å²) in [5.74, 6) is 0.819. The summed E-state index contributed by atoms with van der Waals surface area (Å²) >= 11 is 0. The van der Waals surface area contributed by atoms with Crippen molar-refractivity contribution in [3.8, 4) is 5.69 Å². The molecule has 1 aliphatic rings. The summed E-state index contributed by atoms with van der Waals surface area (Å²) < 4.78 is 1.97. The van der Waals surface area contributed by atoms with Crippen molar-refractivity contribution in [1.29, 1.82) is 0 Å². The van der Waals surface area contributed by atoms with Crippen LogP contribution in [0.5, 0.6) is 0 Å². The Balaban J connectivity index is 1.69. The number of nitrogens with zero attached hydrogens (tertiary/aromatic N) is 2. The summed E-state index contributed by atoms with van der Waals surface area (Å²) in [6, 6.07) is 10.3. The molecule has 1 aliphatic heterocycles. The molecule has 0 spiro atoms. The highest BCUT2D eigenvalue weighted by Crippen LogP contribution is 2.18. The molecule has 2 heterocycles. The van der Waals surface area contributed by atoms with E-state index in [1.165, 1.54) is 18.4 Å². The predicted molar refractivity (Wildman–Crippen MR) is 72.9 cm³/mol. The maximum absolute atomic E-state index is 4.45. The van der Waals surface area contributed by atoms with E-state index in [0.29, 0.717) is 0 Å². The fourth-order valence-corrected chi connectivity index (χ4v) is 2.61. The molecule has 1 fully saturated rings. The largest absolute Gasteiger partial charge is 0.317 e. The van der Waals surface area contributed by atoms with E-state index in [1.54, 1.807) is 0 Å². The number of aromatic nitrogens is 2. The highest BCUT2D eigenvalue weighted by atomic mass is 15.3. The first-order valence-electron chi connectivity index (χ1n) is 6.71.